The maximum atomic E-state index is 13.1. The molecule has 2 N–H and O–H groups in total. The van der Waals surface area contributed by atoms with Crippen molar-refractivity contribution in [2.75, 3.05) is 52.5 Å². The van der Waals surface area contributed by atoms with Crippen molar-refractivity contribution in [2.24, 2.45) is 0 Å². The Hall–Kier alpha value is -2.92. The van der Waals surface area contributed by atoms with E-state index in [1.165, 1.54) is 11.3 Å². The van der Waals surface area contributed by atoms with Gasteiger partial charge in [-0.1, -0.05) is 60.7 Å². The molecule has 0 aliphatic carbocycles. The molecular weight excluding hydrogens is 500 g/mol. The molecule has 0 bridgehead atoms. The maximum absolute atomic E-state index is 13.1. The molecular formula is C29H34N4O4S. The molecule has 1 aliphatic heterocycles. The number of rotatable bonds is 12. The van der Waals surface area contributed by atoms with Crippen LogP contribution in [0.2, 0.25) is 0 Å². The van der Waals surface area contributed by atoms with Crippen LogP contribution in [0.1, 0.15) is 11.4 Å². The Morgan fingerprint density at radius 1 is 1.11 bits per heavy atom. The molecule has 1 aliphatic rings. The summed E-state index contributed by atoms with van der Waals surface area (Å²) in [6.07, 6.45) is -0.662. The molecule has 200 valence electrons. The number of aromatic amines is 1. The Labute approximate surface area is 226 Å². The van der Waals surface area contributed by atoms with Gasteiger partial charge in [0.25, 0.3) is 5.56 Å². The molecule has 1 saturated heterocycles. The summed E-state index contributed by atoms with van der Waals surface area (Å²) in [6.45, 7) is 6.40. The number of ether oxygens (including phenoxy) is 2. The van der Waals surface area contributed by atoms with Gasteiger partial charge < -0.3 is 19.6 Å². The molecule has 9 heteroatoms. The van der Waals surface area contributed by atoms with Gasteiger partial charge in [0.1, 0.15) is 10.7 Å². The first kappa shape index (κ1) is 26.7. The Morgan fingerprint density at radius 2 is 1.84 bits per heavy atom. The summed E-state index contributed by atoms with van der Waals surface area (Å²) in [5, 5.41) is 13.4. The Morgan fingerprint density at radius 3 is 2.61 bits per heavy atom. The molecule has 0 amide bonds. The van der Waals surface area contributed by atoms with Crippen LogP contribution in [0.5, 0.6) is 0 Å². The minimum Gasteiger partial charge on any atom is -0.389 e. The van der Waals surface area contributed by atoms with Gasteiger partial charge in [-0.25, -0.2) is 4.98 Å². The summed E-state index contributed by atoms with van der Waals surface area (Å²) >= 11 is 1.48. The topological polar surface area (TPSA) is 90.9 Å². The van der Waals surface area contributed by atoms with Crippen molar-refractivity contribution in [1.29, 1.82) is 0 Å². The van der Waals surface area contributed by atoms with E-state index in [1.807, 2.05) is 66.0 Å². The predicted octanol–water partition coefficient (Wildman–Crippen LogP) is 3.36. The second-order valence-corrected chi connectivity index (χ2v) is 10.4. The highest BCUT2D eigenvalue weighted by atomic mass is 32.1. The molecule has 0 spiro atoms. The molecule has 3 heterocycles. The Balaban J connectivity index is 1.27. The highest BCUT2D eigenvalue weighted by molar-refractivity contribution is 7.17. The SMILES string of the molecule is O=c1[nH]c(CN(CCN2CCOCC2)C[C@@H](O)COCc2ccccc2)nc2scc(-c3ccccc3)c12. The zero-order valence-corrected chi connectivity index (χ0v) is 22.2. The van der Waals surface area contributed by atoms with E-state index in [-0.39, 0.29) is 12.2 Å². The first-order valence-electron chi connectivity index (χ1n) is 13.0. The van der Waals surface area contributed by atoms with Gasteiger partial charge >= 0.3 is 0 Å². The third kappa shape index (κ3) is 7.13. The van der Waals surface area contributed by atoms with Gasteiger partial charge in [0.05, 0.1) is 44.5 Å². The van der Waals surface area contributed by atoms with Gasteiger partial charge in [0.15, 0.2) is 0 Å². The molecule has 0 saturated carbocycles. The molecule has 4 aromatic rings. The van der Waals surface area contributed by atoms with Crippen molar-refractivity contribution in [3.05, 3.63) is 87.8 Å². The van der Waals surface area contributed by atoms with Crippen LogP contribution in [0.25, 0.3) is 21.3 Å². The van der Waals surface area contributed by atoms with E-state index in [0.717, 1.165) is 60.9 Å². The third-order valence-electron chi connectivity index (χ3n) is 6.68. The standard InChI is InChI=1S/C29H34N4O4S/c34-24(20-37-19-22-7-3-1-4-8-22)17-33(12-11-32-13-15-36-16-14-32)18-26-30-28(35)27-25(21-38-29(27)31-26)23-9-5-2-6-10-23/h1-10,21,24,34H,11-20H2,(H,30,31,35)/t24-/m1/s1. The van der Waals surface area contributed by atoms with E-state index < -0.39 is 6.10 Å². The zero-order valence-electron chi connectivity index (χ0n) is 21.4. The Bertz CT molecular complexity index is 1340. The molecule has 2 aromatic heterocycles. The van der Waals surface area contributed by atoms with Crippen molar-refractivity contribution in [1.82, 2.24) is 19.8 Å². The van der Waals surface area contributed by atoms with Crippen LogP contribution < -0.4 is 5.56 Å². The van der Waals surface area contributed by atoms with Gasteiger partial charge in [-0.05, 0) is 11.1 Å². The molecule has 38 heavy (non-hydrogen) atoms. The van der Waals surface area contributed by atoms with Crippen molar-refractivity contribution in [3.8, 4) is 11.1 Å². The number of aromatic nitrogens is 2. The largest absolute Gasteiger partial charge is 0.389 e. The average Bonchev–Trinajstić information content (AvgIpc) is 3.38. The summed E-state index contributed by atoms with van der Waals surface area (Å²) in [6, 6.07) is 19.8. The minimum absolute atomic E-state index is 0.134. The van der Waals surface area contributed by atoms with E-state index in [2.05, 4.69) is 14.8 Å². The van der Waals surface area contributed by atoms with Gasteiger partial charge in [0, 0.05) is 43.7 Å². The van der Waals surface area contributed by atoms with Crippen LogP contribution in [0.15, 0.2) is 70.8 Å². The summed E-state index contributed by atoms with van der Waals surface area (Å²) < 4.78 is 11.2. The number of hydrogen-bond acceptors (Lipinski definition) is 8. The summed E-state index contributed by atoms with van der Waals surface area (Å²) in [4.78, 5) is 26.2. The number of morpholine rings is 1. The van der Waals surface area contributed by atoms with Crippen LogP contribution in [0.4, 0.5) is 0 Å². The number of fused-ring (bicyclic) bond motifs is 1. The van der Waals surface area contributed by atoms with Crippen LogP contribution in [-0.4, -0.2) is 83.5 Å². The normalized spacial score (nSPS) is 15.3. The van der Waals surface area contributed by atoms with E-state index in [0.29, 0.717) is 30.9 Å². The zero-order chi connectivity index (χ0) is 26.2. The number of H-pyrrole nitrogens is 1. The summed E-state index contributed by atoms with van der Waals surface area (Å²) in [7, 11) is 0. The molecule has 5 rings (SSSR count). The van der Waals surface area contributed by atoms with E-state index >= 15 is 0 Å². The average molecular weight is 535 g/mol. The molecule has 8 nitrogen and oxygen atoms in total. The van der Waals surface area contributed by atoms with Crippen molar-refractivity contribution < 1.29 is 14.6 Å². The van der Waals surface area contributed by atoms with Gasteiger partial charge in [-0.2, -0.15) is 0 Å². The van der Waals surface area contributed by atoms with Crippen molar-refractivity contribution >= 4 is 21.6 Å². The number of hydrogen-bond donors (Lipinski definition) is 2. The second kappa shape index (κ2) is 13.2. The lowest BCUT2D eigenvalue weighted by atomic mass is 10.1. The first-order valence-corrected chi connectivity index (χ1v) is 13.9. The highest BCUT2D eigenvalue weighted by Gasteiger charge is 2.19. The lowest BCUT2D eigenvalue weighted by Crippen LogP contribution is -2.43. The van der Waals surface area contributed by atoms with Crippen LogP contribution in [0, 0.1) is 0 Å². The lowest BCUT2D eigenvalue weighted by Gasteiger charge is -2.30. The van der Waals surface area contributed by atoms with Crippen molar-refractivity contribution in [2.45, 2.75) is 19.3 Å². The molecule has 1 fully saturated rings. The first-order chi connectivity index (χ1) is 18.7. The number of benzene rings is 2. The van der Waals surface area contributed by atoms with E-state index in [4.69, 9.17) is 14.5 Å². The summed E-state index contributed by atoms with van der Waals surface area (Å²) in [5.41, 5.74) is 2.85. The van der Waals surface area contributed by atoms with Crippen molar-refractivity contribution in [3.63, 3.8) is 0 Å². The fourth-order valence-electron chi connectivity index (χ4n) is 4.69. The minimum atomic E-state index is -0.662. The lowest BCUT2D eigenvalue weighted by molar-refractivity contribution is 0.00170. The van der Waals surface area contributed by atoms with Crippen LogP contribution in [-0.2, 0) is 22.6 Å². The maximum Gasteiger partial charge on any atom is 0.260 e. The summed E-state index contributed by atoms with van der Waals surface area (Å²) in [5.74, 6) is 0.600. The van der Waals surface area contributed by atoms with E-state index in [9.17, 15) is 9.90 Å². The third-order valence-corrected chi connectivity index (χ3v) is 7.55. The van der Waals surface area contributed by atoms with E-state index in [1.54, 1.807) is 0 Å². The molecule has 2 aromatic carbocycles. The quantitative estimate of drug-likeness (QED) is 0.288. The van der Waals surface area contributed by atoms with Gasteiger partial charge in [-0.3, -0.25) is 14.6 Å². The number of aliphatic hydroxyl groups excluding tert-OH is 1. The number of thiophene rings is 1. The molecule has 0 radical (unpaired) electrons. The molecule has 0 unspecified atom stereocenters. The fourth-order valence-corrected chi connectivity index (χ4v) is 5.66. The monoisotopic (exact) mass is 534 g/mol. The predicted molar refractivity (Wildman–Crippen MR) is 150 cm³/mol. The van der Waals surface area contributed by atoms with Gasteiger partial charge in [-0.15, -0.1) is 11.3 Å². The Kier molecular flexibility index (Phi) is 9.29. The van der Waals surface area contributed by atoms with Crippen LogP contribution in [0.3, 0.4) is 0 Å². The fraction of sp³-hybridized carbons (Fsp3) is 0.379. The molecule has 1 atom stereocenters. The highest BCUT2D eigenvalue weighted by Crippen LogP contribution is 2.30. The number of nitrogens with one attached hydrogen (secondary N) is 1. The smallest absolute Gasteiger partial charge is 0.260 e. The number of nitrogens with zero attached hydrogens (tertiary/aromatic N) is 3. The van der Waals surface area contributed by atoms with Gasteiger partial charge in [0.2, 0.25) is 0 Å². The number of aliphatic hydroxyl groups is 1. The van der Waals surface area contributed by atoms with Crippen LogP contribution >= 0.6 is 11.3 Å². The second-order valence-electron chi connectivity index (χ2n) is 9.55.